The average Bonchev–Trinajstić information content (AvgIpc) is 3.27. The van der Waals surface area contributed by atoms with Crippen LogP contribution in [0, 0.1) is 0 Å². The number of alkyl halides is 3. The van der Waals surface area contributed by atoms with E-state index in [4.69, 9.17) is 4.74 Å². The van der Waals surface area contributed by atoms with Crippen molar-refractivity contribution in [3.8, 4) is 10.6 Å². The first-order valence-electron chi connectivity index (χ1n) is 8.69. The number of aromatic nitrogens is 3. The number of carbonyl (C=O) groups excluding carboxylic acids is 1. The number of halogens is 3. The first-order valence-corrected chi connectivity index (χ1v) is 9.57. The second-order valence-corrected chi connectivity index (χ2v) is 7.72. The number of nitrogens with zero attached hydrogens (tertiary/aromatic N) is 4. The van der Waals surface area contributed by atoms with E-state index in [9.17, 15) is 18.0 Å². The maximum Gasteiger partial charge on any atom is 0.433 e. The van der Waals surface area contributed by atoms with Gasteiger partial charge in [0, 0.05) is 19.2 Å². The van der Waals surface area contributed by atoms with Crippen molar-refractivity contribution in [2.75, 3.05) is 13.1 Å². The Labute approximate surface area is 162 Å². The van der Waals surface area contributed by atoms with Crippen molar-refractivity contribution in [3.63, 3.8) is 0 Å². The van der Waals surface area contributed by atoms with Gasteiger partial charge in [-0.1, -0.05) is 6.07 Å². The van der Waals surface area contributed by atoms with Crippen molar-refractivity contribution >= 4 is 22.9 Å². The van der Waals surface area contributed by atoms with Gasteiger partial charge in [0.05, 0.1) is 22.8 Å². The van der Waals surface area contributed by atoms with Gasteiger partial charge in [-0.3, -0.25) is 4.79 Å². The molecular formula is C18H17F3N4O2S. The summed E-state index contributed by atoms with van der Waals surface area (Å²) in [6.45, 7) is 4.40. The fourth-order valence-corrected chi connectivity index (χ4v) is 4.02. The number of ether oxygens (including phenoxy) is 1. The van der Waals surface area contributed by atoms with Crippen LogP contribution in [0.5, 0.6) is 0 Å². The lowest BCUT2D eigenvalue weighted by molar-refractivity contribution is -0.142. The largest absolute Gasteiger partial charge is 0.433 e. The Balaban J connectivity index is 1.78. The molecule has 0 spiro atoms. The second kappa shape index (κ2) is 6.85. The molecule has 0 bridgehead atoms. The first-order chi connectivity index (χ1) is 13.2. The molecule has 148 valence electrons. The van der Waals surface area contributed by atoms with Crippen molar-refractivity contribution in [1.82, 2.24) is 19.5 Å². The maximum absolute atomic E-state index is 13.6. The number of thiophene rings is 1. The fraction of sp³-hybridized carbons (Fsp3) is 0.389. The summed E-state index contributed by atoms with van der Waals surface area (Å²) in [5.74, 6) is -0.432. The topological polar surface area (TPSA) is 59.7 Å². The summed E-state index contributed by atoms with van der Waals surface area (Å²) in [5.41, 5.74) is -0.857. The van der Waals surface area contributed by atoms with Gasteiger partial charge in [0.15, 0.2) is 17.0 Å². The van der Waals surface area contributed by atoms with Gasteiger partial charge in [-0.05, 0) is 31.4 Å². The van der Waals surface area contributed by atoms with Crippen LogP contribution in [-0.4, -0.2) is 50.7 Å². The van der Waals surface area contributed by atoms with Gasteiger partial charge in [0.2, 0.25) is 0 Å². The molecular weight excluding hydrogens is 393 g/mol. The molecule has 6 nitrogen and oxygen atoms in total. The smallest absolute Gasteiger partial charge is 0.372 e. The molecule has 0 N–H and O–H groups in total. The molecule has 0 unspecified atom stereocenters. The van der Waals surface area contributed by atoms with Crippen LogP contribution < -0.4 is 0 Å². The predicted molar refractivity (Wildman–Crippen MR) is 97.2 cm³/mol. The van der Waals surface area contributed by atoms with Crippen LogP contribution in [0.25, 0.3) is 16.2 Å². The molecule has 4 rings (SSSR count). The fourth-order valence-electron chi connectivity index (χ4n) is 3.34. The lowest BCUT2D eigenvalue weighted by Gasteiger charge is -2.34. The Morgan fingerprint density at radius 2 is 1.96 bits per heavy atom. The highest BCUT2D eigenvalue weighted by Crippen LogP contribution is 2.33. The van der Waals surface area contributed by atoms with Crippen LogP contribution in [-0.2, 0) is 10.9 Å². The third-order valence-corrected chi connectivity index (χ3v) is 5.31. The monoisotopic (exact) mass is 410 g/mol. The first kappa shape index (κ1) is 18.9. The third kappa shape index (κ3) is 3.49. The molecule has 3 aromatic heterocycles. The zero-order valence-electron chi connectivity index (χ0n) is 15.1. The van der Waals surface area contributed by atoms with E-state index < -0.39 is 17.8 Å². The lowest BCUT2D eigenvalue weighted by atomic mass is 10.2. The van der Waals surface area contributed by atoms with Gasteiger partial charge in [-0.2, -0.15) is 18.3 Å². The van der Waals surface area contributed by atoms with E-state index in [2.05, 4.69) is 10.1 Å². The number of rotatable bonds is 2. The Morgan fingerprint density at radius 1 is 1.25 bits per heavy atom. The Kier molecular flexibility index (Phi) is 4.62. The molecule has 10 heteroatoms. The molecule has 4 heterocycles. The summed E-state index contributed by atoms with van der Waals surface area (Å²) in [7, 11) is 0. The molecule has 28 heavy (non-hydrogen) atoms. The minimum absolute atomic E-state index is 0.0177. The van der Waals surface area contributed by atoms with E-state index in [0.717, 1.165) is 6.07 Å². The van der Waals surface area contributed by atoms with Crippen molar-refractivity contribution < 1.29 is 22.7 Å². The molecule has 2 atom stereocenters. The minimum Gasteiger partial charge on any atom is -0.372 e. The molecule has 1 amide bonds. The summed E-state index contributed by atoms with van der Waals surface area (Å²) in [5, 5.41) is 5.70. The second-order valence-electron chi connectivity index (χ2n) is 6.77. The summed E-state index contributed by atoms with van der Waals surface area (Å²) in [4.78, 5) is 19.3. The average molecular weight is 410 g/mol. The number of carbonyl (C=O) groups is 1. The number of hydrogen-bond acceptors (Lipinski definition) is 5. The highest BCUT2D eigenvalue weighted by atomic mass is 32.1. The molecule has 0 radical (unpaired) electrons. The summed E-state index contributed by atoms with van der Waals surface area (Å²) >= 11 is 1.29. The number of amides is 1. The Bertz CT molecular complexity index is 1010. The minimum atomic E-state index is -4.64. The zero-order chi connectivity index (χ0) is 20.1. The number of morpholine rings is 1. The van der Waals surface area contributed by atoms with Crippen LogP contribution in [0.1, 0.15) is 30.0 Å². The number of hydrogen-bond donors (Lipinski definition) is 0. The summed E-state index contributed by atoms with van der Waals surface area (Å²) in [6, 6.07) is 5.70. The van der Waals surface area contributed by atoms with Gasteiger partial charge in [-0.25, -0.2) is 9.50 Å². The van der Waals surface area contributed by atoms with Crippen LogP contribution >= 0.6 is 11.3 Å². The van der Waals surface area contributed by atoms with Gasteiger partial charge >= 0.3 is 6.18 Å². The Morgan fingerprint density at radius 3 is 2.57 bits per heavy atom. The van der Waals surface area contributed by atoms with Crippen LogP contribution in [0.2, 0.25) is 0 Å². The highest BCUT2D eigenvalue weighted by molar-refractivity contribution is 7.13. The van der Waals surface area contributed by atoms with Crippen molar-refractivity contribution in [2.24, 2.45) is 0 Å². The zero-order valence-corrected chi connectivity index (χ0v) is 15.9. The van der Waals surface area contributed by atoms with Gasteiger partial charge in [0.25, 0.3) is 5.91 Å². The molecule has 1 aliphatic heterocycles. The van der Waals surface area contributed by atoms with Crippen molar-refractivity contribution in [2.45, 2.75) is 32.2 Å². The molecule has 1 fully saturated rings. The number of fused-ring (bicyclic) bond motifs is 1. The molecule has 1 saturated heterocycles. The van der Waals surface area contributed by atoms with Gasteiger partial charge in [-0.15, -0.1) is 11.3 Å². The van der Waals surface area contributed by atoms with Crippen LogP contribution in [0.4, 0.5) is 13.2 Å². The molecule has 3 aromatic rings. The van der Waals surface area contributed by atoms with Crippen LogP contribution in [0.15, 0.2) is 29.6 Å². The molecule has 0 aromatic carbocycles. The lowest BCUT2D eigenvalue weighted by Crippen LogP contribution is -2.48. The van der Waals surface area contributed by atoms with E-state index in [1.807, 2.05) is 13.8 Å². The normalized spacial score (nSPS) is 20.7. The molecule has 0 aliphatic carbocycles. The van der Waals surface area contributed by atoms with Crippen LogP contribution in [0.3, 0.4) is 0 Å². The summed E-state index contributed by atoms with van der Waals surface area (Å²) < 4.78 is 47.1. The SMILES string of the molecule is C[C@H]1CN(C(=O)c2cc3nc(-c4cccs4)cc(C(F)(F)F)n3n2)C[C@H](C)O1. The molecule has 0 saturated carbocycles. The predicted octanol–water partition coefficient (Wildman–Crippen LogP) is 3.73. The van der Waals surface area contributed by atoms with Crippen molar-refractivity contribution in [3.05, 3.63) is 41.0 Å². The third-order valence-electron chi connectivity index (χ3n) is 4.42. The van der Waals surface area contributed by atoms with E-state index in [0.29, 0.717) is 22.5 Å². The quantitative estimate of drug-likeness (QED) is 0.646. The maximum atomic E-state index is 13.6. The highest BCUT2D eigenvalue weighted by Gasteiger charge is 2.36. The van der Waals surface area contributed by atoms with E-state index in [1.54, 1.807) is 22.4 Å². The van der Waals surface area contributed by atoms with Gasteiger partial charge in [0.1, 0.15) is 0 Å². The standard InChI is InChI=1S/C18H17F3N4O2S/c1-10-8-24(9-11(2)27-10)17(26)13-7-16-22-12(14-4-3-5-28-14)6-15(18(19,20)21)25(16)23-13/h3-7,10-11H,8-9H2,1-2H3/t10-,11-/m0/s1. The van der Waals surface area contributed by atoms with E-state index in [1.165, 1.54) is 17.4 Å². The summed E-state index contributed by atoms with van der Waals surface area (Å²) in [6.07, 6.45) is -4.94. The van der Waals surface area contributed by atoms with Crippen molar-refractivity contribution in [1.29, 1.82) is 0 Å². The Hall–Kier alpha value is -2.46. The van der Waals surface area contributed by atoms with Gasteiger partial charge < -0.3 is 9.64 Å². The molecule has 1 aliphatic rings. The van der Waals surface area contributed by atoms with E-state index in [-0.39, 0.29) is 29.2 Å². The van der Waals surface area contributed by atoms with E-state index >= 15 is 0 Å².